The Labute approximate surface area is 138 Å². The van der Waals surface area contributed by atoms with Crippen molar-refractivity contribution < 1.29 is 9.31 Å². The van der Waals surface area contributed by atoms with Crippen LogP contribution in [0.5, 0.6) is 0 Å². The lowest BCUT2D eigenvalue weighted by Crippen LogP contribution is -2.41. The second kappa shape index (κ2) is 6.41. The smallest absolute Gasteiger partial charge is 0.400 e. The number of thiol groups is 1. The molecule has 1 aliphatic rings. The molecule has 1 saturated heterocycles. The zero-order chi connectivity index (χ0) is 15.7. The Morgan fingerprint density at radius 2 is 1.76 bits per heavy atom. The molecule has 2 rings (SSSR count). The fourth-order valence-corrected chi connectivity index (χ4v) is 2.99. The summed E-state index contributed by atoms with van der Waals surface area (Å²) in [5.41, 5.74) is 1.60. The fraction of sp³-hybridized carbons (Fsp3) is 0.500. The standard InChI is InChI=1S/C16H23BO2S2/c1-15(2)16(3,4)19-17(18-15)13(11-20)10-12-8-6-7-9-14(12)21-5/h6-10,20H,11H2,1-5H3. The van der Waals surface area contributed by atoms with Crippen LogP contribution in [0.2, 0.25) is 0 Å². The molecule has 0 aliphatic carbocycles. The van der Waals surface area contributed by atoms with E-state index in [2.05, 4.69) is 70.9 Å². The van der Waals surface area contributed by atoms with Gasteiger partial charge in [-0.15, -0.1) is 11.8 Å². The molecule has 21 heavy (non-hydrogen) atoms. The maximum absolute atomic E-state index is 6.12. The number of thioether (sulfide) groups is 1. The topological polar surface area (TPSA) is 18.5 Å². The molecule has 0 saturated carbocycles. The van der Waals surface area contributed by atoms with Gasteiger partial charge in [-0.3, -0.25) is 0 Å². The monoisotopic (exact) mass is 322 g/mol. The molecular formula is C16H23BO2S2. The van der Waals surface area contributed by atoms with Crippen LogP contribution in [0.1, 0.15) is 33.3 Å². The molecule has 0 radical (unpaired) electrons. The van der Waals surface area contributed by atoms with Crippen LogP contribution in [0.4, 0.5) is 0 Å². The molecule has 0 unspecified atom stereocenters. The molecule has 0 aromatic heterocycles. The van der Waals surface area contributed by atoms with E-state index in [-0.39, 0.29) is 18.3 Å². The largest absolute Gasteiger partial charge is 0.491 e. The summed E-state index contributed by atoms with van der Waals surface area (Å²) in [6.07, 6.45) is 4.23. The molecule has 1 fully saturated rings. The number of benzene rings is 1. The molecule has 1 aromatic rings. The minimum Gasteiger partial charge on any atom is -0.400 e. The van der Waals surface area contributed by atoms with Crippen LogP contribution >= 0.6 is 24.4 Å². The van der Waals surface area contributed by atoms with E-state index >= 15 is 0 Å². The van der Waals surface area contributed by atoms with Crippen molar-refractivity contribution in [2.75, 3.05) is 12.0 Å². The third-order valence-corrected chi connectivity index (χ3v) is 5.40. The van der Waals surface area contributed by atoms with Crippen molar-refractivity contribution in [1.82, 2.24) is 0 Å². The van der Waals surface area contributed by atoms with Crippen molar-refractivity contribution in [3.63, 3.8) is 0 Å². The molecule has 5 heteroatoms. The van der Waals surface area contributed by atoms with Crippen LogP contribution in [0.25, 0.3) is 6.08 Å². The van der Waals surface area contributed by atoms with Gasteiger partial charge in [0.25, 0.3) is 0 Å². The van der Waals surface area contributed by atoms with Crippen molar-refractivity contribution in [1.29, 1.82) is 0 Å². The van der Waals surface area contributed by atoms with Gasteiger partial charge in [0.1, 0.15) is 0 Å². The maximum atomic E-state index is 6.12. The zero-order valence-electron chi connectivity index (χ0n) is 13.3. The van der Waals surface area contributed by atoms with Crippen LogP contribution in [0, 0.1) is 0 Å². The van der Waals surface area contributed by atoms with E-state index < -0.39 is 0 Å². The fourth-order valence-electron chi connectivity index (χ4n) is 2.17. The molecular weight excluding hydrogens is 299 g/mol. The van der Waals surface area contributed by atoms with Gasteiger partial charge < -0.3 is 9.31 Å². The Morgan fingerprint density at radius 3 is 2.29 bits per heavy atom. The van der Waals surface area contributed by atoms with Crippen molar-refractivity contribution in [3.8, 4) is 0 Å². The van der Waals surface area contributed by atoms with E-state index in [0.29, 0.717) is 5.75 Å². The summed E-state index contributed by atoms with van der Waals surface area (Å²) in [6.45, 7) is 8.27. The first kappa shape index (κ1) is 17.0. The predicted octanol–water partition coefficient (Wildman–Crippen LogP) is 4.35. The van der Waals surface area contributed by atoms with Gasteiger partial charge in [-0.05, 0) is 51.1 Å². The molecule has 1 aromatic carbocycles. The van der Waals surface area contributed by atoms with Crippen molar-refractivity contribution in [3.05, 3.63) is 35.3 Å². The summed E-state index contributed by atoms with van der Waals surface area (Å²) < 4.78 is 12.2. The van der Waals surface area contributed by atoms with Gasteiger partial charge >= 0.3 is 7.12 Å². The molecule has 0 atom stereocenters. The normalized spacial score (nSPS) is 20.9. The van der Waals surface area contributed by atoms with E-state index in [0.717, 1.165) is 5.47 Å². The molecule has 2 nitrogen and oxygen atoms in total. The minimum absolute atomic E-state index is 0.321. The average Bonchev–Trinajstić information content (AvgIpc) is 2.65. The Morgan fingerprint density at radius 1 is 1.19 bits per heavy atom. The number of hydrogen-bond acceptors (Lipinski definition) is 4. The quantitative estimate of drug-likeness (QED) is 0.505. The summed E-state index contributed by atoms with van der Waals surface area (Å²) in [6, 6.07) is 8.33. The van der Waals surface area contributed by atoms with Gasteiger partial charge in [-0.2, -0.15) is 12.6 Å². The zero-order valence-corrected chi connectivity index (χ0v) is 15.1. The van der Waals surface area contributed by atoms with E-state index in [9.17, 15) is 0 Å². The van der Waals surface area contributed by atoms with Crippen molar-refractivity contribution >= 4 is 37.6 Å². The van der Waals surface area contributed by atoms with Gasteiger partial charge in [0.2, 0.25) is 0 Å². The molecule has 0 N–H and O–H groups in total. The molecule has 114 valence electrons. The third kappa shape index (κ3) is 3.53. The average molecular weight is 322 g/mol. The van der Waals surface area contributed by atoms with E-state index in [4.69, 9.17) is 9.31 Å². The summed E-state index contributed by atoms with van der Waals surface area (Å²) in [5, 5.41) is 0. The highest BCUT2D eigenvalue weighted by Gasteiger charge is 2.52. The summed E-state index contributed by atoms with van der Waals surface area (Å²) in [5.74, 6) is 0.611. The van der Waals surface area contributed by atoms with Crippen molar-refractivity contribution in [2.24, 2.45) is 0 Å². The molecule has 1 aliphatic heterocycles. The van der Waals surface area contributed by atoms with Crippen LogP contribution in [-0.4, -0.2) is 30.3 Å². The highest BCUT2D eigenvalue weighted by molar-refractivity contribution is 7.98. The molecule has 0 bridgehead atoms. The van der Waals surface area contributed by atoms with Gasteiger partial charge in [0.15, 0.2) is 0 Å². The second-order valence-electron chi connectivity index (χ2n) is 6.21. The van der Waals surface area contributed by atoms with Gasteiger partial charge in [0, 0.05) is 10.6 Å². The third-order valence-electron chi connectivity index (χ3n) is 4.22. The van der Waals surface area contributed by atoms with Gasteiger partial charge in [-0.25, -0.2) is 0 Å². The first-order chi connectivity index (χ1) is 9.80. The lowest BCUT2D eigenvalue weighted by Gasteiger charge is -2.32. The first-order valence-corrected chi connectivity index (χ1v) is 8.96. The van der Waals surface area contributed by atoms with Crippen LogP contribution in [0.3, 0.4) is 0 Å². The maximum Gasteiger partial charge on any atom is 0.491 e. The molecule has 0 spiro atoms. The lowest BCUT2D eigenvalue weighted by molar-refractivity contribution is 0.00578. The molecule has 0 amide bonds. The highest BCUT2D eigenvalue weighted by Crippen LogP contribution is 2.39. The summed E-state index contributed by atoms with van der Waals surface area (Å²) >= 11 is 6.20. The predicted molar refractivity (Wildman–Crippen MR) is 96.1 cm³/mol. The SMILES string of the molecule is CSc1ccccc1C=C(CS)B1OC(C)(C)C(C)(C)O1. The lowest BCUT2D eigenvalue weighted by atomic mass is 9.78. The summed E-state index contributed by atoms with van der Waals surface area (Å²) in [4.78, 5) is 1.24. The van der Waals surface area contributed by atoms with Crippen LogP contribution in [0.15, 0.2) is 34.6 Å². The first-order valence-electron chi connectivity index (χ1n) is 7.11. The Balaban J connectivity index is 2.31. The minimum atomic E-state index is -0.331. The highest BCUT2D eigenvalue weighted by atomic mass is 32.2. The van der Waals surface area contributed by atoms with Gasteiger partial charge in [0.05, 0.1) is 11.2 Å². The van der Waals surface area contributed by atoms with E-state index in [1.54, 1.807) is 11.8 Å². The van der Waals surface area contributed by atoms with Crippen LogP contribution < -0.4 is 0 Å². The Hall–Kier alpha value is -0.355. The molecule has 1 heterocycles. The number of rotatable bonds is 4. The Kier molecular flexibility index (Phi) is 5.19. The van der Waals surface area contributed by atoms with E-state index in [1.165, 1.54) is 10.5 Å². The Bertz CT molecular complexity index is 525. The van der Waals surface area contributed by atoms with Crippen molar-refractivity contribution in [2.45, 2.75) is 43.8 Å². The summed E-state index contributed by atoms with van der Waals surface area (Å²) in [7, 11) is -0.331. The van der Waals surface area contributed by atoms with E-state index in [1.807, 2.05) is 6.07 Å². The van der Waals surface area contributed by atoms with Gasteiger partial charge in [-0.1, -0.05) is 24.3 Å². The van der Waals surface area contributed by atoms with Crippen LogP contribution in [-0.2, 0) is 9.31 Å². The number of hydrogen-bond donors (Lipinski definition) is 1. The second-order valence-corrected chi connectivity index (χ2v) is 7.37.